The second-order valence-corrected chi connectivity index (χ2v) is 8.35. The first-order valence-corrected chi connectivity index (χ1v) is 10.8. The van der Waals surface area contributed by atoms with Crippen LogP contribution in [0.4, 0.5) is 5.69 Å². The molecule has 0 radical (unpaired) electrons. The van der Waals surface area contributed by atoms with E-state index in [0.29, 0.717) is 34.0 Å². The van der Waals surface area contributed by atoms with Gasteiger partial charge in [-0.1, -0.05) is 48.5 Å². The summed E-state index contributed by atoms with van der Waals surface area (Å²) >= 11 is 0. The Kier molecular flexibility index (Phi) is 4.42. The summed E-state index contributed by atoms with van der Waals surface area (Å²) in [6, 6.07) is 20.8. The zero-order chi connectivity index (χ0) is 23.4. The number of benzene rings is 3. The largest absolute Gasteiger partial charge is 0.444 e. The minimum Gasteiger partial charge on any atom is -0.444 e. The van der Waals surface area contributed by atoms with E-state index in [4.69, 9.17) is 9.47 Å². The highest BCUT2D eigenvalue weighted by Crippen LogP contribution is 2.39. The van der Waals surface area contributed by atoms with Gasteiger partial charge < -0.3 is 9.47 Å². The molecule has 3 aromatic rings. The molecule has 1 N–H and O–H groups in total. The maximum absolute atomic E-state index is 13.6. The molecule has 6 nitrogen and oxygen atoms in total. The zero-order valence-electron chi connectivity index (χ0n) is 18.1. The number of fused-ring (bicyclic) bond motifs is 5. The standard InChI is InChI=1S/C28H17NO5/c1-15-11-12-19-20(13-15)33-22-14-21(34-28(32)16-7-3-2-4-8-16)23-24(25(22)29-19)27(31)18-10-6-5-9-17(18)26(23)30/h2-14,24H,1H3/p+1. The van der Waals surface area contributed by atoms with Crippen molar-refractivity contribution in [2.75, 3.05) is 0 Å². The summed E-state index contributed by atoms with van der Waals surface area (Å²) in [6.07, 6.45) is 1.51. The third-order valence-electron chi connectivity index (χ3n) is 6.15. The molecule has 0 saturated heterocycles. The van der Waals surface area contributed by atoms with Crippen molar-refractivity contribution in [1.82, 2.24) is 0 Å². The quantitative estimate of drug-likeness (QED) is 0.609. The number of Topliss-reactive ketones (excluding diaryl/α,β-unsaturated/α-hetero) is 2. The van der Waals surface area contributed by atoms with Gasteiger partial charge in [-0.25, -0.2) is 9.79 Å². The van der Waals surface area contributed by atoms with E-state index in [-0.39, 0.29) is 28.5 Å². The van der Waals surface area contributed by atoms with Crippen LogP contribution >= 0.6 is 0 Å². The molecule has 6 heteroatoms. The molecule has 6 rings (SSSR count). The summed E-state index contributed by atoms with van der Waals surface area (Å²) in [5, 5.41) is 0. The lowest BCUT2D eigenvalue weighted by molar-refractivity contribution is -0.361. The lowest BCUT2D eigenvalue weighted by Gasteiger charge is -2.30. The Labute approximate surface area is 194 Å². The maximum Gasteiger partial charge on any atom is 0.343 e. The third kappa shape index (κ3) is 3.03. The number of ether oxygens (including phenoxy) is 2. The van der Waals surface area contributed by atoms with Crippen molar-refractivity contribution < 1.29 is 28.8 Å². The molecule has 0 amide bonds. The van der Waals surface area contributed by atoms with E-state index in [1.165, 1.54) is 6.08 Å². The van der Waals surface area contributed by atoms with E-state index < -0.39 is 11.9 Å². The summed E-state index contributed by atoms with van der Waals surface area (Å²) in [5.74, 6) is -1.27. The fourth-order valence-corrected chi connectivity index (χ4v) is 4.52. The molecule has 0 fully saturated rings. The first-order valence-electron chi connectivity index (χ1n) is 10.8. The van der Waals surface area contributed by atoms with E-state index in [9.17, 15) is 14.4 Å². The molecule has 1 aliphatic heterocycles. The zero-order valence-corrected chi connectivity index (χ0v) is 18.1. The number of ketones is 2. The van der Waals surface area contributed by atoms with Gasteiger partial charge in [-0.05, 0) is 30.7 Å². The molecule has 0 aromatic heterocycles. The second kappa shape index (κ2) is 7.49. The van der Waals surface area contributed by atoms with Crippen LogP contribution < -0.4 is 9.73 Å². The first kappa shape index (κ1) is 20.1. The molecule has 1 unspecified atom stereocenters. The number of hydrogen-bond acceptors (Lipinski definition) is 5. The normalized spacial score (nSPS) is 18.0. The van der Waals surface area contributed by atoms with E-state index >= 15 is 0 Å². The summed E-state index contributed by atoms with van der Waals surface area (Å²) in [6.45, 7) is 1.95. The van der Waals surface area contributed by atoms with Crippen LogP contribution in [0.3, 0.4) is 0 Å². The van der Waals surface area contributed by atoms with Gasteiger partial charge in [0.15, 0.2) is 23.1 Å². The van der Waals surface area contributed by atoms with Gasteiger partial charge >= 0.3 is 5.97 Å². The molecule has 0 bridgehead atoms. The number of esters is 1. The molecule has 3 aromatic carbocycles. The Balaban J connectivity index is 1.54. The second-order valence-electron chi connectivity index (χ2n) is 8.35. The Morgan fingerprint density at radius 3 is 2.47 bits per heavy atom. The Bertz CT molecular complexity index is 1510. The number of rotatable bonds is 2. The summed E-state index contributed by atoms with van der Waals surface area (Å²) < 4.78 is 11.8. The lowest BCUT2D eigenvalue weighted by atomic mass is 9.72. The molecular weight excluding hydrogens is 430 g/mol. The number of allylic oxidation sites excluding steroid dienone is 3. The van der Waals surface area contributed by atoms with Crippen molar-refractivity contribution in [2.24, 2.45) is 5.92 Å². The molecule has 164 valence electrons. The number of carbonyl (C=O) groups is 3. The van der Waals surface area contributed by atoms with Gasteiger partial charge in [0.05, 0.1) is 11.1 Å². The fourth-order valence-electron chi connectivity index (χ4n) is 4.52. The third-order valence-corrected chi connectivity index (χ3v) is 6.15. The van der Waals surface area contributed by atoms with E-state index in [2.05, 4.69) is 4.99 Å². The average Bonchev–Trinajstić information content (AvgIpc) is 2.86. The van der Waals surface area contributed by atoms with Crippen LogP contribution in [-0.4, -0.2) is 23.2 Å². The lowest BCUT2D eigenvalue weighted by Crippen LogP contribution is -2.72. The highest BCUT2D eigenvalue weighted by Gasteiger charge is 2.50. The fraction of sp³-hybridized carbons (Fsp3) is 0.0714. The van der Waals surface area contributed by atoms with Crippen LogP contribution in [0.15, 0.2) is 96.0 Å². The predicted molar refractivity (Wildman–Crippen MR) is 123 cm³/mol. The number of aryl methyl sites for hydroxylation is 1. The molecule has 1 heterocycles. The monoisotopic (exact) mass is 448 g/mol. The van der Waals surface area contributed by atoms with Crippen molar-refractivity contribution >= 4 is 28.9 Å². The first-order chi connectivity index (χ1) is 16.5. The highest BCUT2D eigenvalue weighted by molar-refractivity contribution is 6.32. The summed E-state index contributed by atoms with van der Waals surface area (Å²) in [4.78, 5) is 43.4. The van der Waals surface area contributed by atoms with Gasteiger partial charge in [0, 0.05) is 23.3 Å². The van der Waals surface area contributed by atoms with Crippen LogP contribution in [-0.2, 0) is 4.74 Å². The van der Waals surface area contributed by atoms with Gasteiger partial charge in [-0.3, -0.25) is 9.59 Å². The van der Waals surface area contributed by atoms with Crippen molar-refractivity contribution in [3.8, 4) is 5.75 Å². The molecule has 2 aliphatic carbocycles. The Hall–Kier alpha value is -4.58. The average molecular weight is 448 g/mol. The van der Waals surface area contributed by atoms with Crippen LogP contribution in [0.1, 0.15) is 36.6 Å². The molecule has 3 aliphatic rings. The number of hydrogen-bond donors (Lipinski definition) is 1. The van der Waals surface area contributed by atoms with Crippen molar-refractivity contribution in [3.63, 3.8) is 0 Å². The number of carbonyl (C=O) groups excluding carboxylic acids is 3. The van der Waals surface area contributed by atoms with E-state index in [1.807, 2.05) is 25.1 Å². The molecule has 0 saturated carbocycles. The minimum absolute atomic E-state index is 0.0170. The molecule has 1 atom stereocenters. The van der Waals surface area contributed by atoms with Crippen LogP contribution in [0.25, 0.3) is 0 Å². The summed E-state index contributed by atoms with van der Waals surface area (Å²) in [7, 11) is 0. The van der Waals surface area contributed by atoms with Gasteiger partial charge in [-0.2, -0.15) is 0 Å². The van der Waals surface area contributed by atoms with Crippen LogP contribution in [0.2, 0.25) is 0 Å². The van der Waals surface area contributed by atoms with Crippen molar-refractivity contribution in [3.05, 3.63) is 118 Å². The van der Waals surface area contributed by atoms with E-state index in [0.717, 1.165) is 5.56 Å². The van der Waals surface area contributed by atoms with E-state index in [1.54, 1.807) is 54.6 Å². The molecule has 0 spiro atoms. The van der Waals surface area contributed by atoms with Gasteiger partial charge in [0.2, 0.25) is 11.4 Å². The number of nitrogens with one attached hydrogen (secondary N) is 1. The van der Waals surface area contributed by atoms with Gasteiger partial charge in [0.25, 0.3) is 0 Å². The predicted octanol–water partition coefficient (Wildman–Crippen LogP) is 3.24. The van der Waals surface area contributed by atoms with Crippen LogP contribution in [0, 0.1) is 12.8 Å². The minimum atomic E-state index is -0.976. The Morgan fingerprint density at radius 1 is 0.941 bits per heavy atom. The van der Waals surface area contributed by atoms with Crippen molar-refractivity contribution in [2.45, 2.75) is 6.92 Å². The maximum atomic E-state index is 13.6. The SMILES string of the molecule is Cc1ccc2c(c1)OC1=CC(OC(=O)c3ccccc3)=C3C(=O)c4ccccc4C(=O)C3C1=[NH+]2. The topological polar surface area (TPSA) is 83.6 Å². The highest BCUT2D eigenvalue weighted by atomic mass is 16.5. The molecular formula is C28H18NO5+. The molecule has 34 heavy (non-hydrogen) atoms. The Morgan fingerprint density at radius 2 is 1.68 bits per heavy atom. The van der Waals surface area contributed by atoms with Crippen LogP contribution in [0.5, 0.6) is 5.75 Å². The summed E-state index contributed by atoms with van der Waals surface area (Å²) in [5.41, 5.74) is 3.24. The van der Waals surface area contributed by atoms with Gasteiger partial charge in [0.1, 0.15) is 11.7 Å². The smallest absolute Gasteiger partial charge is 0.343 e. The van der Waals surface area contributed by atoms with Crippen molar-refractivity contribution in [1.29, 1.82) is 0 Å². The van der Waals surface area contributed by atoms with Gasteiger partial charge in [-0.15, -0.1) is 0 Å².